The van der Waals surface area contributed by atoms with Crippen LogP contribution in [0.3, 0.4) is 0 Å². The monoisotopic (exact) mass is 378 g/mol. The summed E-state index contributed by atoms with van der Waals surface area (Å²) in [6.07, 6.45) is 3.11. The zero-order valence-corrected chi connectivity index (χ0v) is 15.8. The minimum atomic E-state index is -1.03. The number of hydrogen-bond donors (Lipinski definition) is 1. The topological polar surface area (TPSA) is 80.5 Å². The Balaban J connectivity index is 1.68. The van der Waals surface area contributed by atoms with Gasteiger partial charge in [-0.1, -0.05) is 18.2 Å². The third kappa shape index (κ3) is 2.65. The number of pyridine rings is 1. The van der Waals surface area contributed by atoms with E-state index in [1.165, 1.54) is 0 Å². The second-order valence-corrected chi connectivity index (χ2v) is 7.67. The summed E-state index contributed by atoms with van der Waals surface area (Å²) < 4.78 is 7.79. The quantitative estimate of drug-likeness (QED) is 0.754. The first-order valence-electron chi connectivity index (χ1n) is 9.64. The molecule has 144 valence electrons. The first kappa shape index (κ1) is 17.2. The van der Waals surface area contributed by atoms with Crippen molar-refractivity contribution >= 4 is 22.7 Å². The van der Waals surface area contributed by atoms with E-state index in [0.717, 1.165) is 61.4 Å². The van der Waals surface area contributed by atoms with Crippen LogP contribution < -0.4 is 4.90 Å². The molecule has 2 aliphatic heterocycles. The Bertz CT molecular complexity index is 1050. The normalized spacial score (nSPS) is 21.8. The van der Waals surface area contributed by atoms with Gasteiger partial charge in [-0.25, -0.2) is 14.5 Å². The number of anilines is 1. The van der Waals surface area contributed by atoms with Gasteiger partial charge in [0.2, 0.25) is 0 Å². The number of rotatable bonds is 3. The molecule has 0 bridgehead atoms. The van der Waals surface area contributed by atoms with E-state index in [1.807, 2.05) is 37.3 Å². The number of nitrogens with zero attached hydrogens (tertiary/aromatic N) is 4. The van der Waals surface area contributed by atoms with Crippen molar-refractivity contribution in [1.82, 2.24) is 14.8 Å². The summed E-state index contributed by atoms with van der Waals surface area (Å²) in [5.74, 6) is -1.03. The van der Waals surface area contributed by atoms with E-state index < -0.39 is 5.97 Å². The van der Waals surface area contributed by atoms with Crippen LogP contribution in [0.2, 0.25) is 0 Å². The highest BCUT2D eigenvalue weighted by Crippen LogP contribution is 2.40. The summed E-state index contributed by atoms with van der Waals surface area (Å²) in [4.78, 5) is 18.5. The van der Waals surface area contributed by atoms with Gasteiger partial charge in [-0.3, -0.25) is 0 Å². The molecule has 5 rings (SSSR count). The molecule has 0 saturated carbocycles. The van der Waals surface area contributed by atoms with E-state index in [1.54, 1.807) is 10.7 Å². The van der Waals surface area contributed by atoms with Crippen LogP contribution in [0.5, 0.6) is 0 Å². The molecule has 0 aliphatic carbocycles. The average Bonchev–Trinajstić information content (AvgIpc) is 3.42. The standard InChI is InChI=1S/C21H22N4O3/c1-14-18-17(24-10-9-21(13-24)8-5-11-28-21)12-16(20(26)27)22-19(18)25(23-14)15-6-3-2-4-7-15/h2-4,6-7,12H,5,8-11,13H2,1H3,(H,26,27). The number of aromatic nitrogens is 3. The lowest BCUT2D eigenvalue weighted by Gasteiger charge is -2.25. The summed E-state index contributed by atoms with van der Waals surface area (Å²) in [7, 11) is 0. The minimum absolute atomic E-state index is 0.0351. The van der Waals surface area contributed by atoms with Crippen LogP contribution >= 0.6 is 0 Å². The van der Waals surface area contributed by atoms with Crippen LogP contribution in [0, 0.1) is 6.92 Å². The Kier molecular flexibility index (Phi) is 3.87. The maximum absolute atomic E-state index is 11.8. The molecule has 3 aromatic rings. The highest BCUT2D eigenvalue weighted by atomic mass is 16.5. The van der Waals surface area contributed by atoms with Crippen LogP contribution in [0.25, 0.3) is 16.7 Å². The fourth-order valence-electron chi connectivity index (χ4n) is 4.50. The summed E-state index contributed by atoms with van der Waals surface area (Å²) >= 11 is 0. The molecule has 2 aromatic heterocycles. The van der Waals surface area contributed by atoms with E-state index in [9.17, 15) is 9.90 Å². The number of carboxylic acids is 1. The summed E-state index contributed by atoms with van der Waals surface area (Å²) in [6, 6.07) is 11.4. The second kappa shape index (κ2) is 6.31. The summed E-state index contributed by atoms with van der Waals surface area (Å²) in [5.41, 5.74) is 3.10. The number of carboxylic acid groups (broad SMARTS) is 1. The molecule has 7 nitrogen and oxygen atoms in total. The lowest BCUT2D eigenvalue weighted by molar-refractivity contribution is 0.0232. The SMILES string of the molecule is Cc1nn(-c2ccccc2)c2nc(C(=O)O)cc(N3CCC4(CCCO4)C3)c12. The highest BCUT2D eigenvalue weighted by Gasteiger charge is 2.42. The molecule has 0 amide bonds. The Morgan fingerprint density at radius 1 is 1.25 bits per heavy atom. The largest absolute Gasteiger partial charge is 0.477 e. The Labute approximate surface area is 162 Å². The molecule has 2 aliphatic rings. The Morgan fingerprint density at radius 3 is 2.79 bits per heavy atom. The number of fused-ring (bicyclic) bond motifs is 1. The van der Waals surface area contributed by atoms with Crippen molar-refractivity contribution in [2.24, 2.45) is 0 Å². The highest BCUT2D eigenvalue weighted by molar-refractivity contribution is 5.98. The van der Waals surface area contributed by atoms with E-state index >= 15 is 0 Å². The first-order valence-corrected chi connectivity index (χ1v) is 9.64. The molecule has 4 heterocycles. The predicted molar refractivity (Wildman–Crippen MR) is 105 cm³/mol. The number of benzene rings is 1. The molecule has 1 spiro atoms. The third-order valence-electron chi connectivity index (χ3n) is 5.85. The van der Waals surface area contributed by atoms with Crippen molar-refractivity contribution < 1.29 is 14.6 Å². The lowest BCUT2D eigenvalue weighted by Crippen LogP contribution is -2.32. The van der Waals surface area contributed by atoms with Gasteiger partial charge in [0.05, 0.1) is 28.1 Å². The van der Waals surface area contributed by atoms with E-state index in [0.29, 0.717) is 5.65 Å². The maximum atomic E-state index is 11.8. The van der Waals surface area contributed by atoms with Crippen molar-refractivity contribution in [2.45, 2.75) is 31.8 Å². The predicted octanol–water partition coefficient (Wildman–Crippen LogP) is 3.19. The molecular formula is C21H22N4O3. The molecule has 1 aromatic carbocycles. The average molecular weight is 378 g/mol. The van der Waals surface area contributed by atoms with Gasteiger partial charge in [-0.15, -0.1) is 0 Å². The number of aryl methyl sites for hydroxylation is 1. The van der Waals surface area contributed by atoms with Gasteiger partial charge >= 0.3 is 5.97 Å². The maximum Gasteiger partial charge on any atom is 0.354 e. The van der Waals surface area contributed by atoms with Crippen LogP contribution in [0.15, 0.2) is 36.4 Å². The number of aromatic carboxylic acids is 1. The van der Waals surface area contributed by atoms with E-state index in [-0.39, 0.29) is 11.3 Å². The fourth-order valence-corrected chi connectivity index (χ4v) is 4.50. The number of para-hydroxylation sites is 1. The smallest absolute Gasteiger partial charge is 0.354 e. The van der Waals surface area contributed by atoms with E-state index in [4.69, 9.17) is 4.74 Å². The van der Waals surface area contributed by atoms with Gasteiger partial charge in [-0.05, 0) is 44.4 Å². The van der Waals surface area contributed by atoms with Crippen LogP contribution in [0.4, 0.5) is 5.69 Å². The summed E-state index contributed by atoms with van der Waals surface area (Å²) in [6.45, 7) is 4.38. The van der Waals surface area contributed by atoms with Crippen LogP contribution in [0.1, 0.15) is 35.4 Å². The van der Waals surface area contributed by atoms with Gasteiger partial charge < -0.3 is 14.7 Å². The fraction of sp³-hybridized carbons (Fsp3) is 0.381. The molecule has 2 saturated heterocycles. The van der Waals surface area contributed by atoms with Crippen LogP contribution in [-0.2, 0) is 4.74 Å². The van der Waals surface area contributed by atoms with Crippen molar-refractivity contribution in [2.75, 3.05) is 24.6 Å². The second-order valence-electron chi connectivity index (χ2n) is 7.67. The molecule has 28 heavy (non-hydrogen) atoms. The van der Waals surface area contributed by atoms with Crippen LogP contribution in [-0.4, -0.2) is 51.1 Å². The first-order chi connectivity index (χ1) is 13.6. The van der Waals surface area contributed by atoms with Gasteiger partial charge in [0.1, 0.15) is 0 Å². The van der Waals surface area contributed by atoms with Gasteiger partial charge in [-0.2, -0.15) is 5.10 Å². The van der Waals surface area contributed by atoms with Crippen molar-refractivity contribution in [3.8, 4) is 5.69 Å². The molecule has 1 atom stereocenters. The summed E-state index contributed by atoms with van der Waals surface area (Å²) in [5, 5.41) is 15.2. The Morgan fingerprint density at radius 2 is 2.07 bits per heavy atom. The number of ether oxygens (including phenoxy) is 1. The molecule has 2 fully saturated rings. The van der Waals surface area contributed by atoms with Gasteiger partial charge in [0, 0.05) is 19.7 Å². The van der Waals surface area contributed by atoms with Crippen molar-refractivity contribution in [1.29, 1.82) is 0 Å². The number of hydrogen-bond acceptors (Lipinski definition) is 5. The van der Waals surface area contributed by atoms with E-state index in [2.05, 4.69) is 15.0 Å². The zero-order chi connectivity index (χ0) is 19.3. The molecule has 7 heteroatoms. The number of carbonyl (C=O) groups is 1. The molecule has 1 unspecified atom stereocenters. The molecule has 1 N–H and O–H groups in total. The molecular weight excluding hydrogens is 356 g/mol. The lowest BCUT2D eigenvalue weighted by atomic mass is 10.00. The Hall–Kier alpha value is -2.93. The van der Waals surface area contributed by atoms with Gasteiger partial charge in [0.15, 0.2) is 11.3 Å². The van der Waals surface area contributed by atoms with Crippen molar-refractivity contribution in [3.05, 3.63) is 47.8 Å². The minimum Gasteiger partial charge on any atom is -0.477 e. The van der Waals surface area contributed by atoms with Gasteiger partial charge in [0.25, 0.3) is 0 Å². The third-order valence-corrected chi connectivity index (χ3v) is 5.85. The van der Waals surface area contributed by atoms with Crippen molar-refractivity contribution in [3.63, 3.8) is 0 Å². The molecule has 0 radical (unpaired) electrons. The zero-order valence-electron chi connectivity index (χ0n) is 15.8.